The minimum Gasteiger partial charge on any atom is -0.393 e. The van der Waals surface area contributed by atoms with Crippen LogP contribution in [0.5, 0.6) is 0 Å². The SMILES string of the molecule is CCc1cn2c3c(cc(C(=O)C[C@@H](Cc4ccccc4)[C@H](O)CC[C@@H](CC)c4cccc(C)c4)cc13)N(C)S(=O)(=O)C1(CC1)C2. The lowest BCUT2D eigenvalue weighted by molar-refractivity contribution is 0.0737. The molecule has 3 atom stereocenters. The lowest BCUT2D eigenvalue weighted by Gasteiger charge is -2.26. The van der Waals surface area contributed by atoms with Crippen molar-refractivity contribution in [3.8, 4) is 0 Å². The van der Waals surface area contributed by atoms with Gasteiger partial charge in [0.15, 0.2) is 5.78 Å². The molecule has 238 valence electrons. The van der Waals surface area contributed by atoms with Crippen molar-refractivity contribution < 1.29 is 18.3 Å². The van der Waals surface area contributed by atoms with Crippen LogP contribution in [-0.2, 0) is 29.4 Å². The Morgan fingerprint density at radius 2 is 1.76 bits per heavy atom. The average molecular weight is 627 g/mol. The van der Waals surface area contributed by atoms with Crippen molar-refractivity contribution in [2.24, 2.45) is 5.92 Å². The third kappa shape index (κ3) is 5.97. The molecule has 1 spiro atoms. The van der Waals surface area contributed by atoms with Gasteiger partial charge < -0.3 is 9.67 Å². The van der Waals surface area contributed by atoms with E-state index in [9.17, 15) is 18.3 Å². The molecule has 0 radical (unpaired) electrons. The van der Waals surface area contributed by atoms with E-state index < -0.39 is 20.9 Å². The second-order valence-corrected chi connectivity index (χ2v) is 15.8. The first-order valence-electron chi connectivity index (χ1n) is 16.5. The minimum atomic E-state index is -3.57. The van der Waals surface area contributed by atoms with Gasteiger partial charge in [-0.05, 0) is 92.5 Å². The third-order valence-electron chi connectivity index (χ3n) is 10.4. The quantitative estimate of drug-likeness (QED) is 0.164. The molecular weight excluding hydrogens is 580 g/mol. The van der Waals surface area contributed by atoms with Gasteiger partial charge in [-0.15, -0.1) is 0 Å². The third-order valence-corrected chi connectivity index (χ3v) is 12.9. The van der Waals surface area contributed by atoms with Gasteiger partial charge in [-0.3, -0.25) is 9.10 Å². The molecule has 1 aliphatic carbocycles. The smallest absolute Gasteiger partial charge is 0.242 e. The highest BCUT2D eigenvalue weighted by Crippen LogP contribution is 2.51. The Bertz CT molecular complexity index is 1810. The van der Waals surface area contributed by atoms with Gasteiger partial charge in [0.25, 0.3) is 0 Å². The van der Waals surface area contributed by atoms with Crippen LogP contribution in [0.2, 0.25) is 0 Å². The molecule has 1 saturated carbocycles. The number of aliphatic hydroxyl groups excluding tert-OH is 1. The van der Waals surface area contributed by atoms with Gasteiger partial charge in [0.05, 0.1) is 17.3 Å². The molecule has 1 N–H and O–H groups in total. The van der Waals surface area contributed by atoms with E-state index in [0.717, 1.165) is 41.3 Å². The van der Waals surface area contributed by atoms with Crippen LogP contribution in [-0.4, -0.2) is 41.8 Å². The highest BCUT2D eigenvalue weighted by molar-refractivity contribution is 7.94. The molecule has 2 heterocycles. The maximum Gasteiger partial charge on any atom is 0.242 e. The van der Waals surface area contributed by atoms with Crippen molar-refractivity contribution in [1.82, 2.24) is 4.57 Å². The summed E-state index contributed by atoms with van der Waals surface area (Å²) in [5.74, 6) is 0.0110. The number of ketones is 1. The highest BCUT2D eigenvalue weighted by Gasteiger charge is 2.58. The number of carbonyl (C=O) groups is 1. The predicted molar refractivity (Wildman–Crippen MR) is 183 cm³/mol. The van der Waals surface area contributed by atoms with E-state index in [4.69, 9.17) is 0 Å². The molecule has 2 aliphatic rings. The Hall–Kier alpha value is -3.42. The number of rotatable bonds is 12. The molecule has 0 saturated heterocycles. The van der Waals surface area contributed by atoms with Crippen LogP contribution in [0.25, 0.3) is 10.9 Å². The van der Waals surface area contributed by atoms with Crippen molar-refractivity contribution in [1.29, 1.82) is 0 Å². The van der Waals surface area contributed by atoms with E-state index in [2.05, 4.69) is 67.9 Å². The molecule has 4 aromatic rings. The fourth-order valence-corrected chi connectivity index (χ4v) is 9.32. The van der Waals surface area contributed by atoms with E-state index >= 15 is 0 Å². The summed E-state index contributed by atoms with van der Waals surface area (Å²) in [6.45, 7) is 6.84. The van der Waals surface area contributed by atoms with Crippen LogP contribution in [0, 0.1) is 12.8 Å². The van der Waals surface area contributed by atoms with Crippen LogP contribution in [0.4, 0.5) is 5.69 Å². The molecule has 6 rings (SSSR count). The molecule has 45 heavy (non-hydrogen) atoms. The number of anilines is 1. The van der Waals surface area contributed by atoms with Crippen LogP contribution in [0.15, 0.2) is 72.9 Å². The summed E-state index contributed by atoms with van der Waals surface area (Å²) in [7, 11) is -1.94. The normalized spacial score (nSPS) is 18.5. The Morgan fingerprint density at radius 3 is 2.42 bits per heavy atom. The van der Waals surface area contributed by atoms with Gasteiger partial charge in [-0.25, -0.2) is 8.42 Å². The lowest BCUT2D eigenvalue weighted by Crippen LogP contribution is -2.38. The Morgan fingerprint density at radius 1 is 1.00 bits per heavy atom. The zero-order valence-electron chi connectivity index (χ0n) is 27.0. The molecule has 0 amide bonds. The topological polar surface area (TPSA) is 79.6 Å². The number of aliphatic hydroxyl groups is 1. The Labute approximate surface area is 268 Å². The van der Waals surface area contributed by atoms with Crippen molar-refractivity contribution in [2.75, 3.05) is 11.4 Å². The summed E-state index contributed by atoms with van der Waals surface area (Å²) in [5.41, 5.74) is 6.71. The summed E-state index contributed by atoms with van der Waals surface area (Å²) in [5, 5.41) is 12.6. The molecule has 7 heteroatoms. The van der Waals surface area contributed by atoms with Crippen LogP contribution in [0.3, 0.4) is 0 Å². The lowest BCUT2D eigenvalue weighted by atomic mass is 9.83. The number of sulfonamides is 1. The van der Waals surface area contributed by atoms with Crippen molar-refractivity contribution in [2.45, 2.75) is 95.5 Å². The molecule has 0 bridgehead atoms. The number of hydrogen-bond acceptors (Lipinski definition) is 4. The first-order valence-corrected chi connectivity index (χ1v) is 18.0. The van der Waals surface area contributed by atoms with Crippen molar-refractivity contribution >= 4 is 32.4 Å². The highest BCUT2D eigenvalue weighted by atomic mass is 32.2. The summed E-state index contributed by atoms with van der Waals surface area (Å²) >= 11 is 0. The van der Waals surface area contributed by atoms with Crippen LogP contribution < -0.4 is 4.31 Å². The number of aryl methyl sites for hydroxylation is 2. The van der Waals surface area contributed by atoms with Gasteiger partial charge in [0.2, 0.25) is 10.0 Å². The molecule has 1 aromatic heterocycles. The maximum absolute atomic E-state index is 14.1. The fraction of sp³-hybridized carbons (Fsp3) is 0.447. The number of benzene rings is 3. The number of carbonyl (C=O) groups excluding carboxylic acids is 1. The van der Waals surface area contributed by atoms with Crippen LogP contribution >= 0.6 is 0 Å². The number of aromatic nitrogens is 1. The first-order chi connectivity index (χ1) is 21.6. The number of Topliss-reactive ketones (excluding diaryl/α,β-unsaturated/α-hetero) is 1. The van der Waals surface area contributed by atoms with Gasteiger partial charge >= 0.3 is 0 Å². The number of nitrogens with zero attached hydrogens (tertiary/aromatic N) is 2. The Balaban J connectivity index is 1.30. The van der Waals surface area contributed by atoms with Gasteiger partial charge in [-0.1, -0.05) is 74.0 Å². The maximum atomic E-state index is 14.1. The molecule has 1 aliphatic heterocycles. The minimum absolute atomic E-state index is 0.0650. The largest absolute Gasteiger partial charge is 0.393 e. The fourth-order valence-electron chi connectivity index (χ4n) is 7.42. The van der Waals surface area contributed by atoms with Crippen molar-refractivity contribution in [3.63, 3.8) is 0 Å². The standard InChI is InChI=1S/C38H46N2O4S/c1-5-28(30-14-10-11-26(3)19-30)15-16-35(41)31(20-27-12-8-7-9-13-27)23-36(42)32-21-33-29(6-2)24-40-25-38(17-18-38)45(43,44)39(4)34(22-32)37(33)40/h7-14,19,21-22,24,28,31,35,41H,5-6,15-18,20,23,25H2,1-4H3/t28-,31-,35-/m1/s1. The second kappa shape index (κ2) is 12.4. The zero-order valence-corrected chi connectivity index (χ0v) is 27.8. The van der Waals surface area contributed by atoms with E-state index in [0.29, 0.717) is 49.4 Å². The first kappa shape index (κ1) is 31.6. The van der Waals surface area contributed by atoms with Crippen LogP contribution in [0.1, 0.15) is 90.9 Å². The molecule has 6 nitrogen and oxygen atoms in total. The molecule has 1 fully saturated rings. The molecule has 0 unspecified atom stereocenters. The second-order valence-electron chi connectivity index (χ2n) is 13.4. The van der Waals surface area contributed by atoms with Gasteiger partial charge in [0, 0.05) is 37.2 Å². The van der Waals surface area contributed by atoms with Crippen molar-refractivity contribution in [3.05, 3.63) is 101 Å². The average Bonchev–Trinajstić information content (AvgIpc) is 3.76. The summed E-state index contributed by atoms with van der Waals surface area (Å²) in [4.78, 5) is 14.1. The summed E-state index contributed by atoms with van der Waals surface area (Å²) < 4.78 is 30.2. The number of hydrogen-bond donors (Lipinski definition) is 1. The Kier molecular flexibility index (Phi) is 8.70. The van der Waals surface area contributed by atoms with E-state index in [-0.39, 0.29) is 18.1 Å². The summed E-state index contributed by atoms with van der Waals surface area (Å²) in [6.07, 6.45) is 6.74. The molecular formula is C38H46N2O4S. The zero-order chi connectivity index (χ0) is 31.9. The monoisotopic (exact) mass is 626 g/mol. The van der Waals surface area contributed by atoms with Gasteiger partial charge in [-0.2, -0.15) is 0 Å². The van der Waals surface area contributed by atoms with E-state index in [1.54, 1.807) is 13.1 Å². The molecule has 3 aromatic carbocycles. The van der Waals surface area contributed by atoms with E-state index in [1.807, 2.05) is 24.3 Å². The predicted octanol–water partition coefficient (Wildman–Crippen LogP) is 7.59. The summed E-state index contributed by atoms with van der Waals surface area (Å²) in [6, 6.07) is 22.4. The van der Waals surface area contributed by atoms with Gasteiger partial charge in [0.1, 0.15) is 4.75 Å². The van der Waals surface area contributed by atoms with E-state index in [1.165, 1.54) is 15.4 Å².